The van der Waals surface area contributed by atoms with E-state index in [9.17, 15) is 9.59 Å². The number of carbonyl (C=O) groups excluding carboxylic acids is 2. The minimum absolute atomic E-state index is 0.0121. The molecule has 0 saturated heterocycles. The lowest BCUT2D eigenvalue weighted by atomic mass is 10.1. The Morgan fingerprint density at radius 2 is 1.88 bits per heavy atom. The van der Waals surface area contributed by atoms with Crippen molar-refractivity contribution in [3.05, 3.63) is 57.5 Å². The molecule has 5 nitrogen and oxygen atoms in total. The highest BCUT2D eigenvalue weighted by atomic mass is 79.9. The Kier molecular flexibility index (Phi) is 7.28. The van der Waals surface area contributed by atoms with Crippen LogP contribution in [0.4, 0.5) is 10.5 Å². The molecule has 7 heteroatoms. The van der Waals surface area contributed by atoms with Gasteiger partial charge in [0.05, 0.1) is 11.6 Å². The van der Waals surface area contributed by atoms with E-state index in [0.29, 0.717) is 41.6 Å². The number of hydrogen-bond acceptors (Lipinski definition) is 3. The molecule has 0 spiro atoms. The molecule has 0 heterocycles. The topological polar surface area (TPSA) is 67.4 Å². The molecule has 2 N–H and O–H groups in total. The molecule has 0 radical (unpaired) electrons. The number of amides is 2. The van der Waals surface area contributed by atoms with Gasteiger partial charge in [0, 0.05) is 22.3 Å². The van der Waals surface area contributed by atoms with Gasteiger partial charge in [0.25, 0.3) is 0 Å². The lowest BCUT2D eigenvalue weighted by molar-refractivity contribution is 0.101. The van der Waals surface area contributed by atoms with Crippen LogP contribution in [-0.4, -0.2) is 25.0 Å². The van der Waals surface area contributed by atoms with Crippen LogP contribution in [-0.2, 0) is 0 Å². The highest BCUT2D eigenvalue weighted by Gasteiger charge is 2.04. The number of nitrogens with one attached hydrogen (secondary N) is 2. The van der Waals surface area contributed by atoms with Gasteiger partial charge in [-0.05, 0) is 55.8 Å². The molecule has 0 aromatic heterocycles. The zero-order valence-corrected chi connectivity index (χ0v) is 16.0. The van der Waals surface area contributed by atoms with E-state index in [-0.39, 0.29) is 11.8 Å². The van der Waals surface area contributed by atoms with E-state index < -0.39 is 0 Å². The van der Waals surface area contributed by atoms with E-state index in [0.717, 1.165) is 4.47 Å². The van der Waals surface area contributed by atoms with E-state index in [4.69, 9.17) is 16.3 Å². The largest absolute Gasteiger partial charge is 0.492 e. The summed E-state index contributed by atoms with van der Waals surface area (Å²) in [6, 6.07) is 11.8. The molecule has 2 amide bonds. The summed E-state index contributed by atoms with van der Waals surface area (Å²) in [6.07, 6.45) is 0.642. The number of Topliss-reactive ketones (excluding diaryl/α,β-unsaturated/α-hetero) is 1. The van der Waals surface area contributed by atoms with Gasteiger partial charge >= 0.3 is 6.03 Å². The summed E-state index contributed by atoms with van der Waals surface area (Å²) < 4.78 is 6.46. The molecular formula is C18H18BrClN2O3. The summed E-state index contributed by atoms with van der Waals surface area (Å²) in [7, 11) is 0. The third kappa shape index (κ3) is 6.40. The van der Waals surface area contributed by atoms with Crippen molar-refractivity contribution in [3.8, 4) is 5.75 Å². The first-order valence-corrected chi connectivity index (χ1v) is 8.86. The van der Waals surface area contributed by atoms with Crippen molar-refractivity contribution >= 4 is 45.0 Å². The highest BCUT2D eigenvalue weighted by Crippen LogP contribution is 2.27. The first kappa shape index (κ1) is 19.3. The zero-order chi connectivity index (χ0) is 18.2. The molecule has 0 aliphatic rings. The van der Waals surface area contributed by atoms with Crippen molar-refractivity contribution < 1.29 is 14.3 Å². The fraction of sp³-hybridized carbons (Fsp3) is 0.222. The number of carbonyl (C=O) groups is 2. The van der Waals surface area contributed by atoms with Crippen molar-refractivity contribution in [2.45, 2.75) is 13.3 Å². The zero-order valence-electron chi connectivity index (χ0n) is 13.6. The minimum Gasteiger partial charge on any atom is -0.492 e. The smallest absolute Gasteiger partial charge is 0.319 e. The van der Waals surface area contributed by atoms with Gasteiger partial charge in [-0.25, -0.2) is 4.79 Å². The Bertz CT molecular complexity index is 750. The molecule has 0 atom stereocenters. The highest BCUT2D eigenvalue weighted by molar-refractivity contribution is 9.10. The first-order valence-electron chi connectivity index (χ1n) is 7.69. The summed E-state index contributed by atoms with van der Waals surface area (Å²) in [5, 5.41) is 5.98. The SMILES string of the molecule is CC(=O)c1ccc(NC(=O)NCCCOc2ccc(Br)cc2Cl)cc1. The van der Waals surface area contributed by atoms with Crippen LogP contribution >= 0.6 is 27.5 Å². The molecule has 2 aromatic rings. The van der Waals surface area contributed by atoms with E-state index in [1.807, 2.05) is 6.07 Å². The predicted molar refractivity (Wildman–Crippen MR) is 103 cm³/mol. The molecular weight excluding hydrogens is 408 g/mol. The lowest BCUT2D eigenvalue weighted by Gasteiger charge is -2.10. The quantitative estimate of drug-likeness (QED) is 0.490. The fourth-order valence-corrected chi connectivity index (χ4v) is 2.74. The van der Waals surface area contributed by atoms with Crippen molar-refractivity contribution in [1.29, 1.82) is 0 Å². The van der Waals surface area contributed by atoms with Crippen LogP contribution in [0.2, 0.25) is 5.02 Å². The van der Waals surface area contributed by atoms with Gasteiger partial charge < -0.3 is 15.4 Å². The molecule has 0 bridgehead atoms. The van der Waals surface area contributed by atoms with Crippen molar-refractivity contribution in [3.63, 3.8) is 0 Å². The minimum atomic E-state index is -0.308. The molecule has 132 valence electrons. The maximum Gasteiger partial charge on any atom is 0.319 e. The van der Waals surface area contributed by atoms with Gasteiger partial charge in [-0.1, -0.05) is 27.5 Å². The maximum absolute atomic E-state index is 11.8. The predicted octanol–water partition coefficient (Wildman–Crippen LogP) is 4.90. The van der Waals surface area contributed by atoms with E-state index >= 15 is 0 Å². The van der Waals surface area contributed by atoms with Gasteiger partial charge in [-0.2, -0.15) is 0 Å². The second-order valence-electron chi connectivity index (χ2n) is 5.29. The van der Waals surface area contributed by atoms with E-state index in [1.165, 1.54) is 6.92 Å². The van der Waals surface area contributed by atoms with Crippen LogP contribution in [0.25, 0.3) is 0 Å². The molecule has 25 heavy (non-hydrogen) atoms. The molecule has 2 rings (SSSR count). The Morgan fingerprint density at radius 3 is 2.52 bits per heavy atom. The number of urea groups is 1. The second-order valence-corrected chi connectivity index (χ2v) is 6.61. The number of ether oxygens (including phenoxy) is 1. The number of ketones is 1. The standard InChI is InChI=1S/C18H18BrClN2O3/c1-12(23)13-3-6-15(7-4-13)22-18(24)21-9-2-10-25-17-8-5-14(19)11-16(17)20/h3-8,11H,2,9-10H2,1H3,(H2,21,22,24). The summed E-state index contributed by atoms with van der Waals surface area (Å²) in [4.78, 5) is 23.0. The monoisotopic (exact) mass is 424 g/mol. The van der Waals surface area contributed by atoms with Crippen molar-refractivity contribution in [2.75, 3.05) is 18.5 Å². The van der Waals surface area contributed by atoms with Crippen LogP contribution in [0.1, 0.15) is 23.7 Å². The Balaban J connectivity index is 1.67. The van der Waals surface area contributed by atoms with E-state index in [1.54, 1.807) is 36.4 Å². The van der Waals surface area contributed by atoms with Gasteiger partial charge in [-0.3, -0.25) is 4.79 Å². The number of hydrogen-bond donors (Lipinski definition) is 2. The first-order chi connectivity index (χ1) is 12.0. The van der Waals surface area contributed by atoms with Crippen LogP contribution in [0.5, 0.6) is 5.75 Å². The van der Waals surface area contributed by atoms with Crippen LogP contribution in [0, 0.1) is 0 Å². The second kappa shape index (κ2) is 9.44. The average Bonchev–Trinajstić information content (AvgIpc) is 2.56. The summed E-state index contributed by atoms with van der Waals surface area (Å²) >= 11 is 9.39. The van der Waals surface area contributed by atoms with Gasteiger partial charge in [0.15, 0.2) is 5.78 Å². The molecule has 0 aliphatic carbocycles. The number of halogens is 2. The van der Waals surface area contributed by atoms with Crippen LogP contribution in [0.3, 0.4) is 0 Å². The number of rotatable bonds is 7. The summed E-state index contributed by atoms with van der Waals surface area (Å²) in [6.45, 7) is 2.40. The fourth-order valence-electron chi connectivity index (χ4n) is 2.01. The number of anilines is 1. The maximum atomic E-state index is 11.8. The molecule has 0 fully saturated rings. The van der Waals surface area contributed by atoms with Crippen molar-refractivity contribution in [1.82, 2.24) is 5.32 Å². The van der Waals surface area contributed by atoms with Crippen molar-refractivity contribution in [2.24, 2.45) is 0 Å². The number of benzene rings is 2. The molecule has 0 unspecified atom stereocenters. The normalized spacial score (nSPS) is 10.2. The average molecular weight is 426 g/mol. The lowest BCUT2D eigenvalue weighted by Crippen LogP contribution is -2.30. The molecule has 0 saturated carbocycles. The molecule has 2 aromatic carbocycles. The third-order valence-corrected chi connectivity index (χ3v) is 4.10. The Labute approximate surface area is 159 Å². The Morgan fingerprint density at radius 1 is 1.16 bits per heavy atom. The summed E-state index contributed by atoms with van der Waals surface area (Å²) in [5.41, 5.74) is 1.23. The Hall–Kier alpha value is -2.05. The third-order valence-electron chi connectivity index (χ3n) is 3.31. The molecule has 0 aliphatic heterocycles. The van der Waals surface area contributed by atoms with Crippen LogP contribution < -0.4 is 15.4 Å². The van der Waals surface area contributed by atoms with Gasteiger partial charge in [0.1, 0.15) is 5.75 Å². The van der Waals surface area contributed by atoms with Gasteiger partial charge in [-0.15, -0.1) is 0 Å². The van der Waals surface area contributed by atoms with Crippen LogP contribution in [0.15, 0.2) is 46.9 Å². The van der Waals surface area contributed by atoms with E-state index in [2.05, 4.69) is 26.6 Å². The van der Waals surface area contributed by atoms with Gasteiger partial charge in [0.2, 0.25) is 0 Å². The summed E-state index contributed by atoms with van der Waals surface area (Å²) in [5.74, 6) is 0.599.